The zero-order valence-electron chi connectivity index (χ0n) is 10.2. The quantitative estimate of drug-likeness (QED) is 0.807. The Morgan fingerprint density at radius 3 is 2.82 bits per heavy atom. The molecular formula is C13H21N3O. The van der Waals surface area contributed by atoms with Gasteiger partial charge < -0.3 is 15.7 Å². The molecule has 0 saturated heterocycles. The molecule has 0 radical (unpaired) electrons. The van der Waals surface area contributed by atoms with Gasteiger partial charge in [0, 0.05) is 25.3 Å². The zero-order chi connectivity index (χ0) is 12.1. The van der Waals surface area contributed by atoms with Crippen molar-refractivity contribution in [1.82, 2.24) is 4.98 Å². The van der Waals surface area contributed by atoms with Crippen LogP contribution in [0.5, 0.6) is 0 Å². The first kappa shape index (κ1) is 12.3. The summed E-state index contributed by atoms with van der Waals surface area (Å²) >= 11 is 0. The van der Waals surface area contributed by atoms with Gasteiger partial charge in [-0.15, -0.1) is 0 Å². The van der Waals surface area contributed by atoms with Crippen LogP contribution in [0.4, 0.5) is 5.69 Å². The summed E-state index contributed by atoms with van der Waals surface area (Å²) in [6.45, 7) is 1.30. The molecule has 1 fully saturated rings. The summed E-state index contributed by atoms with van der Waals surface area (Å²) in [5, 5.41) is 9.23. The highest BCUT2D eigenvalue weighted by Crippen LogP contribution is 2.29. The Balaban J connectivity index is 2.24. The number of anilines is 1. The first-order valence-corrected chi connectivity index (χ1v) is 6.38. The monoisotopic (exact) mass is 235 g/mol. The predicted molar refractivity (Wildman–Crippen MR) is 68.8 cm³/mol. The van der Waals surface area contributed by atoms with Crippen LogP contribution < -0.4 is 10.6 Å². The molecular weight excluding hydrogens is 214 g/mol. The minimum atomic E-state index is 0.176. The Morgan fingerprint density at radius 1 is 1.41 bits per heavy atom. The van der Waals surface area contributed by atoms with Gasteiger partial charge in [-0.3, -0.25) is 4.98 Å². The molecule has 1 saturated carbocycles. The van der Waals surface area contributed by atoms with Gasteiger partial charge in [0.15, 0.2) is 0 Å². The second-order valence-electron chi connectivity index (χ2n) is 4.53. The van der Waals surface area contributed by atoms with E-state index < -0.39 is 0 Å². The molecule has 17 heavy (non-hydrogen) atoms. The minimum Gasteiger partial charge on any atom is -0.395 e. The maximum atomic E-state index is 9.23. The molecule has 1 aliphatic rings. The van der Waals surface area contributed by atoms with Gasteiger partial charge in [-0.2, -0.15) is 0 Å². The molecule has 4 nitrogen and oxygen atoms in total. The van der Waals surface area contributed by atoms with Gasteiger partial charge in [-0.1, -0.05) is 12.8 Å². The lowest BCUT2D eigenvalue weighted by molar-refractivity contribution is 0.297. The second-order valence-corrected chi connectivity index (χ2v) is 4.53. The molecule has 3 N–H and O–H groups in total. The van der Waals surface area contributed by atoms with E-state index in [-0.39, 0.29) is 6.61 Å². The fraction of sp³-hybridized carbons (Fsp3) is 0.615. The van der Waals surface area contributed by atoms with Gasteiger partial charge >= 0.3 is 0 Å². The molecule has 0 aliphatic heterocycles. The number of rotatable bonds is 5. The summed E-state index contributed by atoms with van der Waals surface area (Å²) in [4.78, 5) is 6.60. The lowest BCUT2D eigenvalue weighted by Crippen LogP contribution is -2.36. The van der Waals surface area contributed by atoms with Crippen LogP contribution in [0.15, 0.2) is 18.3 Å². The Bertz CT molecular complexity index is 350. The molecule has 4 heteroatoms. The Kier molecular flexibility index (Phi) is 4.34. The minimum absolute atomic E-state index is 0.176. The highest BCUT2D eigenvalue weighted by atomic mass is 16.3. The molecule has 94 valence electrons. The van der Waals surface area contributed by atoms with E-state index in [0.717, 1.165) is 11.4 Å². The number of aliphatic hydroxyl groups excluding tert-OH is 1. The van der Waals surface area contributed by atoms with Crippen LogP contribution in [-0.4, -0.2) is 29.3 Å². The number of aliphatic hydroxyl groups is 1. The average Bonchev–Trinajstić information content (AvgIpc) is 2.89. The number of nitrogens with zero attached hydrogens (tertiary/aromatic N) is 2. The van der Waals surface area contributed by atoms with E-state index in [4.69, 9.17) is 5.73 Å². The van der Waals surface area contributed by atoms with Crippen molar-refractivity contribution < 1.29 is 5.11 Å². The van der Waals surface area contributed by atoms with Crippen LogP contribution in [0.3, 0.4) is 0 Å². The van der Waals surface area contributed by atoms with Crippen molar-refractivity contribution in [3.8, 4) is 0 Å². The highest BCUT2D eigenvalue weighted by molar-refractivity contribution is 5.51. The lowest BCUT2D eigenvalue weighted by atomic mass is 10.1. The predicted octanol–water partition coefficient (Wildman–Crippen LogP) is 1.28. The summed E-state index contributed by atoms with van der Waals surface area (Å²) in [5.74, 6) is 0. The third-order valence-corrected chi connectivity index (χ3v) is 3.48. The van der Waals surface area contributed by atoms with E-state index in [9.17, 15) is 5.11 Å². The molecule has 0 unspecified atom stereocenters. The van der Waals surface area contributed by atoms with E-state index in [1.165, 1.54) is 25.7 Å². The summed E-state index contributed by atoms with van der Waals surface area (Å²) in [7, 11) is 0. The molecule has 0 atom stereocenters. The van der Waals surface area contributed by atoms with Crippen molar-refractivity contribution in [2.75, 3.05) is 18.1 Å². The van der Waals surface area contributed by atoms with Crippen molar-refractivity contribution in [3.05, 3.63) is 24.0 Å². The fourth-order valence-electron chi connectivity index (χ4n) is 2.67. The third-order valence-electron chi connectivity index (χ3n) is 3.48. The van der Waals surface area contributed by atoms with Gasteiger partial charge in [0.1, 0.15) is 0 Å². The number of aromatic nitrogens is 1. The van der Waals surface area contributed by atoms with Crippen LogP contribution in [0.2, 0.25) is 0 Å². The molecule has 0 bridgehead atoms. The standard InChI is InChI=1S/C13H21N3O/c14-10-12-13(6-3-7-15-12)16(8-9-17)11-4-1-2-5-11/h3,6-7,11,17H,1-2,4-5,8-10,14H2. The van der Waals surface area contributed by atoms with Crippen molar-refractivity contribution in [1.29, 1.82) is 0 Å². The van der Waals surface area contributed by atoms with Gasteiger partial charge in [0.05, 0.1) is 18.0 Å². The van der Waals surface area contributed by atoms with E-state index in [1.807, 2.05) is 6.07 Å². The van der Waals surface area contributed by atoms with Crippen molar-refractivity contribution in [2.45, 2.75) is 38.3 Å². The average molecular weight is 235 g/mol. The summed E-state index contributed by atoms with van der Waals surface area (Å²) in [6.07, 6.45) is 6.75. The lowest BCUT2D eigenvalue weighted by Gasteiger charge is -2.31. The number of hydrogen-bond acceptors (Lipinski definition) is 4. The Morgan fingerprint density at radius 2 is 2.18 bits per heavy atom. The van der Waals surface area contributed by atoms with Crippen LogP contribution in [-0.2, 0) is 6.54 Å². The molecule has 1 aromatic heterocycles. The topological polar surface area (TPSA) is 62.4 Å². The first-order valence-electron chi connectivity index (χ1n) is 6.38. The van der Waals surface area contributed by atoms with Gasteiger partial charge in [0.2, 0.25) is 0 Å². The molecule has 0 aromatic carbocycles. The van der Waals surface area contributed by atoms with E-state index >= 15 is 0 Å². The van der Waals surface area contributed by atoms with Gasteiger partial charge in [-0.25, -0.2) is 0 Å². The van der Waals surface area contributed by atoms with Crippen LogP contribution in [0, 0.1) is 0 Å². The second kappa shape index (κ2) is 5.98. The maximum absolute atomic E-state index is 9.23. The zero-order valence-corrected chi connectivity index (χ0v) is 10.2. The maximum Gasteiger partial charge on any atom is 0.0772 e. The number of pyridine rings is 1. The largest absolute Gasteiger partial charge is 0.395 e. The normalized spacial score (nSPS) is 16.4. The number of hydrogen-bond donors (Lipinski definition) is 2. The molecule has 1 aromatic rings. The summed E-state index contributed by atoms with van der Waals surface area (Å²) in [5.41, 5.74) is 7.75. The molecule has 0 amide bonds. The smallest absolute Gasteiger partial charge is 0.0772 e. The highest BCUT2D eigenvalue weighted by Gasteiger charge is 2.24. The van der Waals surface area contributed by atoms with E-state index in [0.29, 0.717) is 19.1 Å². The number of nitrogens with two attached hydrogens (primary N) is 1. The van der Waals surface area contributed by atoms with Crippen LogP contribution >= 0.6 is 0 Å². The summed E-state index contributed by atoms with van der Waals surface area (Å²) in [6, 6.07) is 4.54. The van der Waals surface area contributed by atoms with E-state index in [1.54, 1.807) is 6.20 Å². The van der Waals surface area contributed by atoms with Crippen molar-refractivity contribution in [2.24, 2.45) is 5.73 Å². The third kappa shape index (κ3) is 2.76. The molecule has 2 rings (SSSR count). The molecule has 1 aliphatic carbocycles. The van der Waals surface area contributed by atoms with Crippen LogP contribution in [0.1, 0.15) is 31.4 Å². The van der Waals surface area contributed by atoms with Gasteiger partial charge in [-0.05, 0) is 25.0 Å². The Hall–Kier alpha value is -1.13. The van der Waals surface area contributed by atoms with E-state index in [2.05, 4.69) is 16.0 Å². The molecule has 0 spiro atoms. The SMILES string of the molecule is NCc1ncccc1N(CCO)C1CCCC1. The summed E-state index contributed by atoms with van der Waals surface area (Å²) < 4.78 is 0. The Labute approximate surface area is 102 Å². The van der Waals surface area contributed by atoms with Crippen LogP contribution in [0.25, 0.3) is 0 Å². The van der Waals surface area contributed by atoms with Gasteiger partial charge in [0.25, 0.3) is 0 Å². The first-order chi connectivity index (χ1) is 8.36. The molecule has 1 heterocycles. The van der Waals surface area contributed by atoms with Crippen molar-refractivity contribution in [3.63, 3.8) is 0 Å². The fourth-order valence-corrected chi connectivity index (χ4v) is 2.67. The van der Waals surface area contributed by atoms with Crippen molar-refractivity contribution >= 4 is 5.69 Å².